The number of para-hydroxylation sites is 1. The number of nitrogens with zero attached hydrogens (tertiary/aromatic N) is 1. The van der Waals surface area contributed by atoms with Gasteiger partial charge >= 0.3 is 6.09 Å². The molecular weight excluding hydrogens is 322 g/mol. The number of carbonyl (C=O) groups is 1. The molecule has 2 N–H and O–H groups in total. The van der Waals surface area contributed by atoms with Gasteiger partial charge in [0, 0.05) is 16.6 Å². The molecule has 6 heteroatoms. The van der Waals surface area contributed by atoms with Gasteiger partial charge in [-0.1, -0.05) is 42.5 Å². The molecule has 0 aliphatic carbocycles. The average molecular weight is 341 g/mol. The van der Waals surface area contributed by atoms with Crippen LogP contribution in [0, 0.1) is 0 Å². The molecule has 1 amide bonds. The van der Waals surface area contributed by atoms with Crippen molar-refractivity contribution in [2.75, 3.05) is 6.61 Å². The van der Waals surface area contributed by atoms with Crippen molar-refractivity contribution >= 4 is 29.4 Å². The Balaban J connectivity index is 1.84. The summed E-state index contributed by atoms with van der Waals surface area (Å²) in [7, 11) is 0. The molecule has 0 saturated heterocycles. The SMILES string of the molecule is CCOC(=O)NNC1=Nc2ccccc2SC(c2ccccc2)C1. The van der Waals surface area contributed by atoms with Gasteiger partial charge in [0.1, 0.15) is 5.84 Å². The van der Waals surface area contributed by atoms with E-state index in [1.165, 1.54) is 5.56 Å². The zero-order valence-electron chi connectivity index (χ0n) is 13.4. The van der Waals surface area contributed by atoms with Gasteiger partial charge in [-0.25, -0.2) is 15.2 Å². The number of fused-ring (bicyclic) bond motifs is 1. The third kappa shape index (κ3) is 4.08. The number of carbonyl (C=O) groups excluding carboxylic acids is 1. The molecule has 1 aliphatic heterocycles. The first-order chi connectivity index (χ1) is 11.8. The van der Waals surface area contributed by atoms with Gasteiger partial charge in [-0.15, -0.1) is 11.8 Å². The highest BCUT2D eigenvalue weighted by atomic mass is 32.2. The van der Waals surface area contributed by atoms with Crippen molar-refractivity contribution < 1.29 is 9.53 Å². The summed E-state index contributed by atoms with van der Waals surface area (Å²) >= 11 is 1.78. The van der Waals surface area contributed by atoms with E-state index in [0.717, 1.165) is 10.6 Å². The Morgan fingerprint density at radius 3 is 2.75 bits per heavy atom. The molecule has 1 heterocycles. The molecule has 24 heavy (non-hydrogen) atoms. The molecule has 0 saturated carbocycles. The van der Waals surface area contributed by atoms with Gasteiger partial charge in [0.25, 0.3) is 0 Å². The number of rotatable bonds is 2. The van der Waals surface area contributed by atoms with Gasteiger partial charge in [-0.3, -0.25) is 5.43 Å². The Kier molecular flexibility index (Phi) is 5.38. The summed E-state index contributed by atoms with van der Waals surface area (Å²) in [6, 6.07) is 18.3. The van der Waals surface area contributed by atoms with Gasteiger partial charge < -0.3 is 4.74 Å². The predicted octanol–water partition coefficient (Wildman–Crippen LogP) is 4.20. The number of thioether (sulfide) groups is 1. The minimum absolute atomic E-state index is 0.213. The molecule has 2 aromatic carbocycles. The number of hydrogen-bond acceptors (Lipinski definition) is 5. The van der Waals surface area contributed by atoms with Crippen LogP contribution in [-0.4, -0.2) is 18.5 Å². The predicted molar refractivity (Wildman–Crippen MR) is 96.5 cm³/mol. The number of hydrogen-bond donors (Lipinski definition) is 2. The molecule has 0 radical (unpaired) electrons. The van der Waals surface area contributed by atoms with Crippen molar-refractivity contribution in [3.05, 3.63) is 60.2 Å². The number of aliphatic imine (C=N–C) groups is 1. The van der Waals surface area contributed by atoms with Gasteiger partial charge in [-0.05, 0) is 24.6 Å². The molecule has 1 unspecified atom stereocenters. The highest BCUT2D eigenvalue weighted by Gasteiger charge is 2.21. The maximum absolute atomic E-state index is 11.5. The van der Waals surface area contributed by atoms with Crippen LogP contribution in [0.4, 0.5) is 10.5 Å². The molecule has 0 spiro atoms. The van der Waals surface area contributed by atoms with E-state index < -0.39 is 6.09 Å². The summed E-state index contributed by atoms with van der Waals surface area (Å²) in [6.45, 7) is 2.09. The molecule has 1 aliphatic rings. The second-order valence-corrected chi connectivity index (χ2v) is 6.46. The first-order valence-electron chi connectivity index (χ1n) is 7.83. The van der Waals surface area contributed by atoms with Crippen molar-refractivity contribution in [2.45, 2.75) is 23.5 Å². The Hall–Kier alpha value is -2.47. The number of amidine groups is 1. The molecule has 0 fully saturated rings. The largest absolute Gasteiger partial charge is 0.449 e. The lowest BCUT2D eigenvalue weighted by atomic mass is 10.1. The summed E-state index contributed by atoms with van der Waals surface area (Å²) in [4.78, 5) is 17.3. The Bertz CT molecular complexity index is 734. The molecular formula is C18H19N3O2S. The molecule has 124 valence electrons. The first kappa shape index (κ1) is 16.4. The summed E-state index contributed by atoms with van der Waals surface area (Å²) in [5.74, 6) is 0.703. The fourth-order valence-corrected chi connectivity index (χ4v) is 3.67. The molecule has 2 aromatic rings. The van der Waals surface area contributed by atoms with E-state index in [0.29, 0.717) is 18.9 Å². The lowest BCUT2D eigenvalue weighted by Crippen LogP contribution is -2.42. The standard InChI is InChI=1S/C18H19N3O2S/c1-2-23-18(22)21-20-17-12-16(13-8-4-3-5-9-13)24-15-11-7-6-10-14(15)19-17/h3-11,16H,2,12H2,1H3,(H,19,20)(H,21,22). The summed E-state index contributed by atoms with van der Waals surface area (Å²) in [6.07, 6.45) is 0.164. The highest BCUT2D eigenvalue weighted by molar-refractivity contribution is 7.99. The van der Waals surface area contributed by atoms with Crippen molar-refractivity contribution in [3.8, 4) is 0 Å². The lowest BCUT2D eigenvalue weighted by Gasteiger charge is -2.16. The number of amides is 1. The van der Waals surface area contributed by atoms with Crippen molar-refractivity contribution in [1.82, 2.24) is 10.9 Å². The molecule has 3 rings (SSSR count). The summed E-state index contributed by atoms with van der Waals surface area (Å²) < 4.78 is 4.87. The smallest absolute Gasteiger partial charge is 0.425 e. The van der Waals surface area contributed by atoms with Gasteiger partial charge in [0.15, 0.2) is 0 Å². The quantitative estimate of drug-likeness (QED) is 0.804. The number of hydrazine groups is 1. The Morgan fingerprint density at radius 1 is 1.21 bits per heavy atom. The van der Waals surface area contributed by atoms with Crippen LogP contribution < -0.4 is 10.9 Å². The van der Waals surface area contributed by atoms with Crippen LogP contribution in [0.1, 0.15) is 24.2 Å². The number of benzene rings is 2. The third-order valence-electron chi connectivity index (χ3n) is 3.52. The highest BCUT2D eigenvalue weighted by Crippen LogP contribution is 2.44. The van der Waals surface area contributed by atoms with Crippen LogP contribution in [0.5, 0.6) is 0 Å². The van der Waals surface area contributed by atoms with Crippen LogP contribution in [0.25, 0.3) is 0 Å². The number of nitrogens with one attached hydrogen (secondary N) is 2. The molecule has 0 bridgehead atoms. The Labute approximate surface area is 145 Å². The van der Waals surface area contributed by atoms with Gasteiger partial charge in [-0.2, -0.15) is 0 Å². The third-order valence-corrected chi connectivity index (χ3v) is 4.85. The average Bonchev–Trinajstić information content (AvgIpc) is 2.80. The first-order valence-corrected chi connectivity index (χ1v) is 8.71. The van der Waals surface area contributed by atoms with E-state index >= 15 is 0 Å². The van der Waals surface area contributed by atoms with Crippen LogP contribution in [-0.2, 0) is 4.74 Å². The monoisotopic (exact) mass is 341 g/mol. The second kappa shape index (κ2) is 7.88. The summed E-state index contributed by atoms with van der Waals surface area (Å²) in [5, 5.41) is 0.213. The second-order valence-electron chi connectivity index (χ2n) is 5.22. The lowest BCUT2D eigenvalue weighted by molar-refractivity contribution is 0.150. The fourth-order valence-electron chi connectivity index (χ4n) is 2.43. The minimum Gasteiger partial charge on any atom is -0.449 e. The fraction of sp³-hybridized carbons (Fsp3) is 0.222. The molecule has 1 atom stereocenters. The van der Waals surface area contributed by atoms with Crippen LogP contribution in [0.2, 0.25) is 0 Å². The van der Waals surface area contributed by atoms with E-state index in [-0.39, 0.29) is 5.25 Å². The van der Waals surface area contributed by atoms with Crippen LogP contribution in [0.15, 0.2) is 64.5 Å². The van der Waals surface area contributed by atoms with Gasteiger partial charge in [0.2, 0.25) is 0 Å². The number of ether oxygens (including phenoxy) is 1. The minimum atomic E-state index is -0.512. The van der Waals surface area contributed by atoms with E-state index in [1.807, 2.05) is 36.4 Å². The zero-order chi connectivity index (χ0) is 16.8. The van der Waals surface area contributed by atoms with Crippen molar-refractivity contribution in [1.29, 1.82) is 0 Å². The Morgan fingerprint density at radius 2 is 1.96 bits per heavy atom. The van der Waals surface area contributed by atoms with E-state index in [9.17, 15) is 4.79 Å². The van der Waals surface area contributed by atoms with E-state index in [1.54, 1.807) is 18.7 Å². The summed E-state index contributed by atoms with van der Waals surface area (Å²) in [5.41, 5.74) is 7.56. The topological polar surface area (TPSA) is 62.7 Å². The van der Waals surface area contributed by atoms with Crippen LogP contribution >= 0.6 is 11.8 Å². The maximum Gasteiger partial charge on any atom is 0.425 e. The van der Waals surface area contributed by atoms with Crippen molar-refractivity contribution in [3.63, 3.8) is 0 Å². The van der Waals surface area contributed by atoms with Gasteiger partial charge in [0.05, 0.1) is 12.3 Å². The van der Waals surface area contributed by atoms with E-state index in [4.69, 9.17) is 4.74 Å². The van der Waals surface area contributed by atoms with E-state index in [2.05, 4.69) is 34.0 Å². The van der Waals surface area contributed by atoms with Crippen LogP contribution in [0.3, 0.4) is 0 Å². The molecule has 0 aromatic heterocycles. The normalized spacial score (nSPS) is 16.4. The molecule has 5 nitrogen and oxygen atoms in total. The van der Waals surface area contributed by atoms with Crippen molar-refractivity contribution in [2.24, 2.45) is 4.99 Å². The maximum atomic E-state index is 11.5. The zero-order valence-corrected chi connectivity index (χ0v) is 14.2.